The normalized spacial score (nSPS) is 18.8. The Morgan fingerprint density at radius 3 is 1.78 bits per heavy atom. The van der Waals surface area contributed by atoms with E-state index in [0.29, 0.717) is 31.1 Å². The summed E-state index contributed by atoms with van der Waals surface area (Å²) >= 11 is 0. The number of fused-ring (bicyclic) bond motifs is 3. The molecule has 0 saturated carbocycles. The Bertz CT molecular complexity index is 1080. The van der Waals surface area contributed by atoms with Gasteiger partial charge in [-0.25, -0.2) is 8.42 Å². The van der Waals surface area contributed by atoms with E-state index in [-0.39, 0.29) is 5.41 Å². The molecule has 0 spiro atoms. The van der Waals surface area contributed by atoms with Crippen molar-refractivity contribution in [2.45, 2.75) is 45.8 Å². The van der Waals surface area contributed by atoms with E-state index in [0.717, 1.165) is 5.56 Å². The van der Waals surface area contributed by atoms with Crippen LogP contribution in [0.25, 0.3) is 0 Å². The Hall–Kier alpha value is -2.24. The quantitative estimate of drug-likeness (QED) is 0.398. The Balaban J connectivity index is 2.03. The second kappa shape index (κ2) is 6.73. The minimum Gasteiger partial charge on any atom is -0.455 e. The molecule has 0 aromatic heterocycles. The molecule has 1 aliphatic heterocycles. The van der Waals surface area contributed by atoms with Crippen LogP contribution < -0.4 is 4.74 Å². The zero-order valence-electron chi connectivity index (χ0n) is 15.4. The lowest BCUT2D eigenvalue weighted by molar-refractivity contribution is 0.454. The summed E-state index contributed by atoms with van der Waals surface area (Å²) in [7, 11) is -2.97. The van der Waals surface area contributed by atoms with Crippen molar-refractivity contribution in [3.63, 3.8) is 0 Å². The van der Waals surface area contributed by atoms with Crippen molar-refractivity contribution in [1.82, 2.24) is 0 Å². The van der Waals surface area contributed by atoms with Gasteiger partial charge in [-0.3, -0.25) is 0 Å². The third-order valence-corrected chi connectivity index (χ3v) is 7.64. The van der Waals surface area contributed by atoms with Gasteiger partial charge in [-0.1, -0.05) is 51.1 Å². The van der Waals surface area contributed by atoms with Crippen molar-refractivity contribution in [3.05, 3.63) is 72.3 Å². The molecular formula is C22H20O3S2. The van der Waals surface area contributed by atoms with E-state index in [1.807, 2.05) is 42.5 Å². The van der Waals surface area contributed by atoms with Crippen LogP contribution in [-0.4, -0.2) is 8.42 Å². The molecular weight excluding hydrogens is 376 g/mol. The Labute approximate surface area is 164 Å². The standard InChI is InChI=1S/C22H20O3S2/c1-22(2,3)15-12-13-19-17(14-15)25-16-8-4-5-9-18(16)26(23)20-10-6-7-11-21(20)27(19)24/h4-14H,1-3H3. The van der Waals surface area contributed by atoms with Gasteiger partial charge in [0.1, 0.15) is 11.5 Å². The molecule has 0 fully saturated rings. The summed E-state index contributed by atoms with van der Waals surface area (Å²) in [4.78, 5) is 2.28. The molecule has 0 N–H and O–H groups in total. The van der Waals surface area contributed by atoms with Crippen molar-refractivity contribution < 1.29 is 13.2 Å². The first-order chi connectivity index (χ1) is 12.9. The molecule has 27 heavy (non-hydrogen) atoms. The predicted octanol–water partition coefficient (Wildman–Crippen LogP) is 5.42. The summed E-state index contributed by atoms with van der Waals surface area (Å²) in [5, 5.41) is 0. The van der Waals surface area contributed by atoms with Gasteiger partial charge in [0, 0.05) is 0 Å². The highest BCUT2D eigenvalue weighted by Gasteiger charge is 2.26. The van der Waals surface area contributed by atoms with Gasteiger partial charge in [0.05, 0.1) is 41.2 Å². The third kappa shape index (κ3) is 3.26. The average Bonchev–Trinajstić information content (AvgIpc) is 2.69. The van der Waals surface area contributed by atoms with Gasteiger partial charge in [-0.05, 0) is 47.4 Å². The molecule has 0 aliphatic carbocycles. The number of hydrogen-bond donors (Lipinski definition) is 0. The summed E-state index contributed by atoms with van der Waals surface area (Å²) in [6.07, 6.45) is 0. The summed E-state index contributed by atoms with van der Waals surface area (Å²) in [6.45, 7) is 6.37. The Morgan fingerprint density at radius 1 is 0.667 bits per heavy atom. The maximum Gasteiger partial charge on any atom is 0.144 e. The first-order valence-corrected chi connectivity index (χ1v) is 11.0. The number of para-hydroxylation sites is 1. The van der Waals surface area contributed by atoms with Gasteiger partial charge in [0.2, 0.25) is 0 Å². The molecule has 3 aromatic carbocycles. The SMILES string of the molecule is CC(C)(C)c1ccc2c(c1)Oc1ccccc1S(=O)c1ccccc1S2=O. The second-order valence-corrected chi connectivity index (χ2v) is 10.3. The molecule has 0 amide bonds. The molecule has 2 atom stereocenters. The highest BCUT2D eigenvalue weighted by Crippen LogP contribution is 2.40. The molecule has 3 aromatic rings. The monoisotopic (exact) mass is 396 g/mol. The third-order valence-electron chi connectivity index (χ3n) is 4.53. The van der Waals surface area contributed by atoms with E-state index in [1.165, 1.54) is 0 Å². The lowest BCUT2D eigenvalue weighted by Crippen LogP contribution is -2.11. The lowest BCUT2D eigenvalue weighted by atomic mass is 9.87. The van der Waals surface area contributed by atoms with Crippen LogP contribution in [0.3, 0.4) is 0 Å². The van der Waals surface area contributed by atoms with Gasteiger partial charge < -0.3 is 4.74 Å². The fourth-order valence-electron chi connectivity index (χ4n) is 3.01. The molecule has 138 valence electrons. The number of hydrogen-bond acceptors (Lipinski definition) is 3. The smallest absolute Gasteiger partial charge is 0.144 e. The van der Waals surface area contributed by atoms with Crippen molar-refractivity contribution in [1.29, 1.82) is 0 Å². The maximum atomic E-state index is 13.4. The Morgan fingerprint density at radius 2 is 1.19 bits per heavy atom. The summed E-state index contributed by atoms with van der Waals surface area (Å²) in [5.74, 6) is 1.07. The fourth-order valence-corrected chi connectivity index (χ4v) is 5.81. The summed E-state index contributed by atoms with van der Waals surface area (Å²) in [5.41, 5.74) is 1.02. The van der Waals surface area contributed by atoms with E-state index >= 15 is 0 Å². The first kappa shape index (κ1) is 18.1. The summed E-state index contributed by atoms with van der Waals surface area (Å²) < 4.78 is 32.8. The Kier molecular flexibility index (Phi) is 4.52. The van der Waals surface area contributed by atoms with E-state index in [2.05, 4.69) is 20.8 Å². The van der Waals surface area contributed by atoms with E-state index in [4.69, 9.17) is 4.74 Å². The number of rotatable bonds is 0. The van der Waals surface area contributed by atoms with Crippen LogP contribution in [0.4, 0.5) is 0 Å². The molecule has 0 radical (unpaired) electrons. The van der Waals surface area contributed by atoms with Crippen LogP contribution in [-0.2, 0) is 27.0 Å². The second-order valence-electron chi connectivity index (χ2n) is 7.44. The van der Waals surface area contributed by atoms with Gasteiger partial charge >= 0.3 is 0 Å². The van der Waals surface area contributed by atoms with Crippen molar-refractivity contribution >= 4 is 21.6 Å². The van der Waals surface area contributed by atoms with Crippen LogP contribution in [0, 0.1) is 0 Å². The van der Waals surface area contributed by atoms with Crippen molar-refractivity contribution in [3.8, 4) is 11.5 Å². The molecule has 5 heteroatoms. The lowest BCUT2D eigenvalue weighted by Gasteiger charge is -2.21. The van der Waals surface area contributed by atoms with Crippen molar-refractivity contribution in [2.24, 2.45) is 0 Å². The van der Waals surface area contributed by atoms with Crippen LogP contribution in [0.5, 0.6) is 11.5 Å². The van der Waals surface area contributed by atoms with Gasteiger partial charge in [0.25, 0.3) is 0 Å². The van der Waals surface area contributed by atoms with Crippen LogP contribution >= 0.6 is 0 Å². The van der Waals surface area contributed by atoms with Crippen LogP contribution in [0.1, 0.15) is 26.3 Å². The minimum atomic E-state index is -1.49. The largest absolute Gasteiger partial charge is 0.455 e. The first-order valence-electron chi connectivity index (χ1n) is 8.70. The van der Waals surface area contributed by atoms with E-state index in [1.54, 1.807) is 24.3 Å². The molecule has 3 nitrogen and oxygen atoms in total. The number of ether oxygens (including phenoxy) is 1. The van der Waals surface area contributed by atoms with Crippen LogP contribution in [0.15, 0.2) is 86.3 Å². The fraction of sp³-hybridized carbons (Fsp3) is 0.182. The van der Waals surface area contributed by atoms with Gasteiger partial charge in [-0.2, -0.15) is 0 Å². The molecule has 0 bridgehead atoms. The molecule has 2 unspecified atom stereocenters. The topological polar surface area (TPSA) is 43.4 Å². The zero-order valence-corrected chi connectivity index (χ0v) is 17.0. The maximum absolute atomic E-state index is 13.4. The van der Waals surface area contributed by atoms with Gasteiger partial charge in [0.15, 0.2) is 0 Å². The minimum absolute atomic E-state index is 0.0709. The zero-order chi connectivity index (χ0) is 19.2. The molecule has 0 saturated heterocycles. The van der Waals surface area contributed by atoms with E-state index in [9.17, 15) is 8.42 Å². The molecule has 1 aliphatic rings. The van der Waals surface area contributed by atoms with Crippen LogP contribution in [0.2, 0.25) is 0 Å². The number of benzene rings is 3. The van der Waals surface area contributed by atoms with Crippen molar-refractivity contribution in [2.75, 3.05) is 0 Å². The molecule has 4 rings (SSSR count). The predicted molar refractivity (Wildman–Crippen MR) is 107 cm³/mol. The van der Waals surface area contributed by atoms with Gasteiger partial charge in [-0.15, -0.1) is 0 Å². The average molecular weight is 397 g/mol. The highest BCUT2D eigenvalue weighted by atomic mass is 32.2. The van der Waals surface area contributed by atoms with E-state index < -0.39 is 21.6 Å². The molecule has 1 heterocycles. The highest BCUT2D eigenvalue weighted by molar-refractivity contribution is 7.88. The summed E-state index contributed by atoms with van der Waals surface area (Å²) in [6, 6.07) is 20.3.